The summed E-state index contributed by atoms with van der Waals surface area (Å²) in [6, 6.07) is 0. The lowest BCUT2D eigenvalue weighted by molar-refractivity contribution is -0.193. The summed E-state index contributed by atoms with van der Waals surface area (Å²) in [5, 5.41) is 22.4. The Hall–Kier alpha value is -0.410. The Kier molecular flexibility index (Phi) is 2.94. The summed E-state index contributed by atoms with van der Waals surface area (Å²) in [6.07, 6.45) is 6.83. The van der Waals surface area contributed by atoms with Crippen molar-refractivity contribution in [1.29, 1.82) is 0 Å². The molecule has 0 aromatic carbocycles. The predicted octanol–water partition coefficient (Wildman–Crippen LogP) is 3.18. The second kappa shape index (κ2) is 4.46. The van der Waals surface area contributed by atoms with Gasteiger partial charge in [-0.3, -0.25) is 4.79 Å². The van der Waals surface area contributed by atoms with Gasteiger partial charge in [0.1, 0.15) is 5.78 Å². The van der Waals surface area contributed by atoms with Gasteiger partial charge < -0.3 is 10.2 Å². The molecule has 0 unspecified atom stereocenters. The van der Waals surface area contributed by atoms with Crippen LogP contribution in [0.1, 0.15) is 65.7 Å². The molecule has 0 bridgehead atoms. The van der Waals surface area contributed by atoms with E-state index < -0.39 is 0 Å². The third-order valence-corrected chi connectivity index (χ3v) is 10.00. The number of hydrogen-bond acceptors (Lipinski definition) is 3. The molecule has 0 saturated heterocycles. The van der Waals surface area contributed by atoms with Crippen LogP contribution in [0.2, 0.25) is 0 Å². The van der Waals surface area contributed by atoms with Crippen LogP contribution in [0.4, 0.5) is 0 Å². The summed E-state index contributed by atoms with van der Waals surface area (Å²) >= 11 is 0. The highest BCUT2D eigenvalue weighted by Crippen LogP contribution is 2.81. The molecule has 5 rings (SSSR count). The highest BCUT2D eigenvalue weighted by atomic mass is 16.3. The Labute approximate surface area is 145 Å². The molecule has 5 saturated carbocycles. The fourth-order valence-corrected chi connectivity index (χ4v) is 9.10. The highest BCUT2D eigenvalue weighted by Gasteiger charge is 2.78. The Morgan fingerprint density at radius 2 is 1.83 bits per heavy atom. The Bertz CT molecular complexity index is 602. The van der Waals surface area contributed by atoms with Crippen molar-refractivity contribution in [3.63, 3.8) is 0 Å². The van der Waals surface area contributed by atoms with E-state index in [1.54, 1.807) is 6.92 Å². The third-order valence-electron chi connectivity index (χ3n) is 10.00. The molecule has 3 heteroatoms. The number of carbonyl (C=O) groups is 1. The maximum absolute atomic E-state index is 12.2. The van der Waals surface area contributed by atoms with E-state index >= 15 is 0 Å². The van der Waals surface area contributed by atoms with Crippen molar-refractivity contribution in [3.8, 4) is 0 Å². The van der Waals surface area contributed by atoms with Crippen molar-refractivity contribution < 1.29 is 15.0 Å². The predicted molar refractivity (Wildman–Crippen MR) is 91.1 cm³/mol. The van der Waals surface area contributed by atoms with Crippen LogP contribution >= 0.6 is 0 Å². The minimum absolute atomic E-state index is 0.0610. The molecule has 3 nitrogen and oxygen atoms in total. The van der Waals surface area contributed by atoms with Crippen molar-refractivity contribution in [2.45, 2.75) is 77.9 Å². The van der Waals surface area contributed by atoms with Gasteiger partial charge in [0, 0.05) is 11.3 Å². The lowest BCUT2D eigenvalue weighted by atomic mass is 9.44. The van der Waals surface area contributed by atoms with Crippen molar-refractivity contribution >= 4 is 5.78 Å². The summed E-state index contributed by atoms with van der Waals surface area (Å²) in [6.45, 7) is 6.36. The summed E-state index contributed by atoms with van der Waals surface area (Å²) in [4.78, 5) is 12.2. The van der Waals surface area contributed by atoms with Crippen LogP contribution < -0.4 is 0 Å². The molecular formula is C21H32O3. The maximum Gasteiger partial charge on any atom is 0.133 e. The summed E-state index contributed by atoms with van der Waals surface area (Å²) in [5.74, 6) is 2.34. The van der Waals surface area contributed by atoms with Gasteiger partial charge in [-0.1, -0.05) is 13.8 Å². The molecule has 5 aliphatic carbocycles. The molecule has 0 heterocycles. The first-order valence-corrected chi connectivity index (χ1v) is 10.1. The lowest BCUT2D eigenvalue weighted by Crippen LogP contribution is -2.61. The van der Waals surface area contributed by atoms with E-state index in [-0.39, 0.29) is 34.4 Å². The number of aliphatic hydroxyl groups is 2. The third kappa shape index (κ3) is 1.52. The smallest absolute Gasteiger partial charge is 0.133 e. The molecule has 0 aliphatic heterocycles. The molecular weight excluding hydrogens is 300 g/mol. The minimum Gasteiger partial charge on any atom is -0.393 e. The van der Waals surface area contributed by atoms with Crippen LogP contribution in [0.15, 0.2) is 0 Å². The topological polar surface area (TPSA) is 57.5 Å². The van der Waals surface area contributed by atoms with Crippen molar-refractivity contribution in [3.05, 3.63) is 0 Å². The van der Waals surface area contributed by atoms with Gasteiger partial charge in [-0.15, -0.1) is 0 Å². The van der Waals surface area contributed by atoms with E-state index in [4.69, 9.17) is 0 Å². The quantitative estimate of drug-likeness (QED) is 0.775. The first kappa shape index (κ1) is 15.8. The number of carbonyl (C=O) groups excluding carboxylic acids is 1. The Morgan fingerprint density at radius 1 is 1.08 bits per heavy atom. The van der Waals surface area contributed by atoms with E-state index in [0.29, 0.717) is 29.5 Å². The monoisotopic (exact) mass is 332 g/mol. The van der Waals surface area contributed by atoms with Gasteiger partial charge in [0.05, 0.1) is 12.2 Å². The zero-order valence-electron chi connectivity index (χ0n) is 15.3. The summed E-state index contributed by atoms with van der Waals surface area (Å²) in [5.41, 5.74) is 0.158. The number of hydrogen-bond donors (Lipinski definition) is 2. The van der Waals surface area contributed by atoms with E-state index in [2.05, 4.69) is 13.8 Å². The number of fused-ring (bicyclic) bond motifs is 4. The maximum atomic E-state index is 12.2. The van der Waals surface area contributed by atoms with Crippen LogP contribution in [0, 0.1) is 45.8 Å². The van der Waals surface area contributed by atoms with Crippen LogP contribution in [-0.4, -0.2) is 28.2 Å². The molecule has 2 N–H and O–H groups in total. The summed E-state index contributed by atoms with van der Waals surface area (Å²) < 4.78 is 0. The zero-order chi connectivity index (χ0) is 17.1. The molecule has 5 fully saturated rings. The van der Waals surface area contributed by atoms with Gasteiger partial charge in [0.25, 0.3) is 0 Å². The van der Waals surface area contributed by atoms with Gasteiger partial charge in [-0.2, -0.15) is 0 Å². The number of rotatable bonds is 1. The van der Waals surface area contributed by atoms with Crippen molar-refractivity contribution in [2.75, 3.05) is 0 Å². The molecule has 1 spiro atoms. The fraction of sp³-hybridized carbons (Fsp3) is 0.952. The summed E-state index contributed by atoms with van der Waals surface area (Å²) in [7, 11) is 0. The van der Waals surface area contributed by atoms with Gasteiger partial charge >= 0.3 is 0 Å². The second-order valence-electron chi connectivity index (χ2n) is 10.5. The fourth-order valence-electron chi connectivity index (χ4n) is 9.10. The normalized spacial score (nSPS) is 64.0. The molecule has 10 atom stereocenters. The molecule has 134 valence electrons. The van der Waals surface area contributed by atoms with E-state index in [9.17, 15) is 15.0 Å². The van der Waals surface area contributed by atoms with E-state index in [1.165, 1.54) is 19.3 Å². The molecule has 24 heavy (non-hydrogen) atoms. The number of ketones is 1. The Morgan fingerprint density at radius 3 is 2.50 bits per heavy atom. The standard InChI is InChI=1S/C21H32O3/c1-11(22)14-4-5-15-13-8-17(24)21-9-12(21)6-7-20(21,3)18(13)16(23)10-19(14,15)2/h12-18,23-24H,4-10H2,1-3H3/t12-,13+,14+,15-,16-,17+,18+,19-,20-,21+/m1/s1. The first-order valence-electron chi connectivity index (χ1n) is 10.1. The molecule has 0 aromatic rings. The molecule has 0 amide bonds. The van der Waals surface area contributed by atoms with Gasteiger partial charge in [-0.05, 0) is 86.4 Å². The van der Waals surface area contributed by atoms with Crippen LogP contribution in [0.3, 0.4) is 0 Å². The average Bonchev–Trinajstić information content (AvgIpc) is 3.02. The second-order valence-corrected chi connectivity index (χ2v) is 10.5. The SMILES string of the molecule is CC(=O)[C@@H]1CC[C@@H]2[C@@H]3C[C@H](O)[C@]45C[C@H]4CC[C@]5(C)[C@@H]3[C@H](O)C[C@@]21C. The number of Topliss-reactive ketones (excluding diaryl/α,β-unsaturated/α-hetero) is 1. The molecule has 5 aliphatic rings. The van der Waals surface area contributed by atoms with Crippen molar-refractivity contribution in [2.24, 2.45) is 45.8 Å². The van der Waals surface area contributed by atoms with Gasteiger partial charge in [0.2, 0.25) is 0 Å². The lowest BCUT2D eigenvalue weighted by Gasteiger charge is -2.61. The first-order chi connectivity index (χ1) is 11.3. The minimum atomic E-state index is -0.301. The number of aliphatic hydroxyl groups excluding tert-OH is 2. The van der Waals surface area contributed by atoms with Crippen LogP contribution in [0.25, 0.3) is 0 Å². The largest absolute Gasteiger partial charge is 0.393 e. The zero-order valence-corrected chi connectivity index (χ0v) is 15.3. The van der Waals surface area contributed by atoms with E-state index in [0.717, 1.165) is 25.7 Å². The van der Waals surface area contributed by atoms with Gasteiger partial charge in [0.15, 0.2) is 0 Å². The molecule has 0 radical (unpaired) electrons. The van der Waals surface area contributed by atoms with Gasteiger partial charge in [-0.25, -0.2) is 0 Å². The van der Waals surface area contributed by atoms with Crippen LogP contribution in [-0.2, 0) is 4.79 Å². The Balaban J connectivity index is 1.56. The van der Waals surface area contributed by atoms with Crippen molar-refractivity contribution in [1.82, 2.24) is 0 Å². The van der Waals surface area contributed by atoms with Crippen LogP contribution in [0.5, 0.6) is 0 Å². The highest BCUT2D eigenvalue weighted by molar-refractivity contribution is 5.79. The molecule has 0 aromatic heterocycles. The average molecular weight is 332 g/mol. The van der Waals surface area contributed by atoms with E-state index in [1.807, 2.05) is 0 Å².